The van der Waals surface area contributed by atoms with E-state index >= 15 is 0 Å². The van der Waals surface area contributed by atoms with Gasteiger partial charge in [-0.1, -0.05) is 12.1 Å². The molecular weight excluding hydrogens is 254 g/mol. The number of likely N-dealkylation sites (N-methyl/N-ethyl adjacent to an activating group) is 2. The van der Waals surface area contributed by atoms with E-state index in [0.29, 0.717) is 5.89 Å². The molecule has 1 unspecified atom stereocenters. The lowest BCUT2D eigenvalue weighted by Crippen LogP contribution is -2.37. The average Bonchev–Trinajstić information content (AvgIpc) is 2.79. The third-order valence-corrected chi connectivity index (χ3v) is 3.96. The maximum atomic E-state index is 5.49. The van der Waals surface area contributed by atoms with E-state index in [1.54, 1.807) is 0 Å². The highest BCUT2D eigenvalue weighted by atomic mass is 16.5. The molecule has 1 N–H and O–H groups in total. The highest BCUT2D eigenvalue weighted by Gasteiger charge is 2.31. The first-order valence-corrected chi connectivity index (χ1v) is 7.42. The Morgan fingerprint density at radius 3 is 2.80 bits per heavy atom. The summed E-state index contributed by atoms with van der Waals surface area (Å²) in [5.74, 6) is 1.46. The molecule has 1 aliphatic rings. The third kappa shape index (κ3) is 3.37. The van der Waals surface area contributed by atoms with Crippen molar-refractivity contribution in [2.45, 2.75) is 38.8 Å². The van der Waals surface area contributed by atoms with Crippen molar-refractivity contribution < 1.29 is 4.52 Å². The predicted molar refractivity (Wildman–Crippen MR) is 78.5 cm³/mol. The quantitative estimate of drug-likeness (QED) is 0.895. The zero-order valence-electron chi connectivity index (χ0n) is 13.3. The van der Waals surface area contributed by atoms with E-state index in [4.69, 9.17) is 4.52 Å². The van der Waals surface area contributed by atoms with Crippen LogP contribution < -0.4 is 5.32 Å². The van der Waals surface area contributed by atoms with Gasteiger partial charge in [0.15, 0.2) is 5.82 Å². The van der Waals surface area contributed by atoms with Crippen LogP contribution in [-0.4, -0.2) is 60.2 Å². The van der Waals surface area contributed by atoms with Crippen molar-refractivity contribution in [2.24, 2.45) is 0 Å². The van der Waals surface area contributed by atoms with E-state index in [2.05, 4.69) is 60.1 Å². The summed E-state index contributed by atoms with van der Waals surface area (Å²) in [7, 11) is 4.28. The van der Waals surface area contributed by atoms with Gasteiger partial charge < -0.3 is 14.7 Å². The van der Waals surface area contributed by atoms with Crippen LogP contribution >= 0.6 is 0 Å². The second kappa shape index (κ2) is 6.20. The molecule has 0 bridgehead atoms. The molecule has 0 amide bonds. The largest absolute Gasteiger partial charge is 0.337 e. The van der Waals surface area contributed by atoms with Crippen LogP contribution in [0.3, 0.4) is 0 Å². The van der Waals surface area contributed by atoms with Gasteiger partial charge in [0.25, 0.3) is 0 Å². The van der Waals surface area contributed by atoms with Crippen molar-refractivity contribution >= 4 is 0 Å². The molecular formula is C14H27N5O. The monoisotopic (exact) mass is 281 g/mol. The first-order chi connectivity index (χ1) is 9.44. The van der Waals surface area contributed by atoms with Crippen molar-refractivity contribution in [3.05, 3.63) is 11.7 Å². The van der Waals surface area contributed by atoms with Gasteiger partial charge in [0.1, 0.15) is 0 Å². The van der Waals surface area contributed by atoms with Crippen LogP contribution in [0.15, 0.2) is 4.52 Å². The maximum Gasteiger partial charge on any atom is 0.246 e. The highest BCUT2D eigenvalue weighted by molar-refractivity contribution is 5.03. The van der Waals surface area contributed by atoms with E-state index in [9.17, 15) is 0 Å². The summed E-state index contributed by atoms with van der Waals surface area (Å²) < 4.78 is 5.49. The Morgan fingerprint density at radius 2 is 2.10 bits per heavy atom. The molecule has 0 spiro atoms. The van der Waals surface area contributed by atoms with Crippen molar-refractivity contribution in [1.82, 2.24) is 25.3 Å². The highest BCUT2D eigenvalue weighted by Crippen LogP contribution is 2.24. The van der Waals surface area contributed by atoms with E-state index in [1.807, 2.05) is 0 Å². The molecule has 1 aromatic heterocycles. The summed E-state index contributed by atoms with van der Waals surface area (Å²) in [6.45, 7) is 10.2. The molecule has 0 saturated carbocycles. The fraction of sp³-hybridized carbons (Fsp3) is 0.857. The number of rotatable bonds is 4. The Morgan fingerprint density at radius 1 is 1.35 bits per heavy atom. The molecule has 0 aliphatic carbocycles. The number of hydrogen-bond donors (Lipinski definition) is 1. The lowest BCUT2D eigenvalue weighted by molar-refractivity contribution is 0.213. The molecule has 6 nitrogen and oxygen atoms in total. The molecule has 0 aromatic carbocycles. The summed E-state index contributed by atoms with van der Waals surface area (Å²) in [5.41, 5.74) is -0.283. The zero-order chi connectivity index (χ0) is 14.8. The van der Waals surface area contributed by atoms with Crippen molar-refractivity contribution in [3.8, 4) is 0 Å². The summed E-state index contributed by atoms with van der Waals surface area (Å²) >= 11 is 0. The molecule has 6 heteroatoms. The Hall–Kier alpha value is -0.980. The van der Waals surface area contributed by atoms with Crippen LogP contribution in [-0.2, 0) is 5.54 Å². The minimum atomic E-state index is -0.283. The van der Waals surface area contributed by atoms with Gasteiger partial charge in [0.2, 0.25) is 5.89 Å². The van der Waals surface area contributed by atoms with Crippen LogP contribution in [0.25, 0.3) is 0 Å². The van der Waals surface area contributed by atoms with Crippen LogP contribution in [0.5, 0.6) is 0 Å². The molecule has 1 saturated heterocycles. The standard InChI is InChI=1S/C14H27N5O/c1-6-15-14(2,3)13-16-12(17-20-13)11-10-18(4)8-7-9-19(11)5/h11,15H,6-10H2,1-5H3. The number of hydrogen-bond acceptors (Lipinski definition) is 6. The van der Waals surface area contributed by atoms with Gasteiger partial charge in [0, 0.05) is 6.54 Å². The summed E-state index contributed by atoms with van der Waals surface area (Å²) in [4.78, 5) is 9.29. The number of nitrogens with one attached hydrogen (secondary N) is 1. The molecule has 0 radical (unpaired) electrons. The second-order valence-electron chi connectivity index (χ2n) is 6.23. The molecule has 114 valence electrons. The van der Waals surface area contributed by atoms with Crippen molar-refractivity contribution in [1.29, 1.82) is 0 Å². The van der Waals surface area contributed by atoms with Gasteiger partial charge in [-0.25, -0.2) is 0 Å². The van der Waals surface area contributed by atoms with E-state index < -0.39 is 0 Å². The molecule has 2 rings (SSSR count). The zero-order valence-corrected chi connectivity index (χ0v) is 13.3. The van der Waals surface area contributed by atoms with E-state index in [1.165, 1.54) is 6.42 Å². The number of nitrogens with zero attached hydrogens (tertiary/aromatic N) is 4. The normalized spacial score (nSPS) is 22.9. The maximum absolute atomic E-state index is 5.49. The lowest BCUT2D eigenvalue weighted by Gasteiger charge is -2.24. The first kappa shape index (κ1) is 15.4. The minimum Gasteiger partial charge on any atom is -0.337 e. The molecule has 1 atom stereocenters. The van der Waals surface area contributed by atoms with Crippen molar-refractivity contribution in [2.75, 3.05) is 40.3 Å². The molecule has 2 heterocycles. The van der Waals surface area contributed by atoms with Gasteiger partial charge >= 0.3 is 0 Å². The Kier molecular flexibility index (Phi) is 4.78. The molecule has 1 fully saturated rings. The van der Waals surface area contributed by atoms with Gasteiger partial charge in [0.05, 0.1) is 11.6 Å². The van der Waals surface area contributed by atoms with Crippen LogP contribution in [0.2, 0.25) is 0 Å². The first-order valence-electron chi connectivity index (χ1n) is 7.42. The summed E-state index contributed by atoms with van der Waals surface area (Å²) in [5, 5.41) is 7.59. The predicted octanol–water partition coefficient (Wildman–Crippen LogP) is 1.22. The van der Waals surface area contributed by atoms with Gasteiger partial charge in [-0.3, -0.25) is 4.90 Å². The lowest BCUT2D eigenvalue weighted by atomic mass is 10.1. The molecule has 1 aliphatic heterocycles. The van der Waals surface area contributed by atoms with Crippen LogP contribution in [0.1, 0.15) is 44.9 Å². The second-order valence-corrected chi connectivity index (χ2v) is 6.23. The van der Waals surface area contributed by atoms with Crippen molar-refractivity contribution in [3.63, 3.8) is 0 Å². The molecule has 1 aromatic rings. The van der Waals surface area contributed by atoms with Gasteiger partial charge in [-0.2, -0.15) is 4.98 Å². The summed E-state index contributed by atoms with van der Waals surface area (Å²) in [6.07, 6.45) is 1.18. The fourth-order valence-electron chi connectivity index (χ4n) is 2.69. The Balaban J connectivity index is 2.18. The average molecular weight is 281 g/mol. The SMILES string of the molecule is CCNC(C)(C)c1nc(C2CN(C)CCCN2C)no1. The van der Waals surface area contributed by atoms with Crippen LogP contribution in [0, 0.1) is 0 Å². The Labute approximate surface area is 121 Å². The van der Waals surface area contributed by atoms with Gasteiger partial charge in [-0.15, -0.1) is 0 Å². The van der Waals surface area contributed by atoms with Crippen LogP contribution in [0.4, 0.5) is 0 Å². The molecule has 20 heavy (non-hydrogen) atoms. The smallest absolute Gasteiger partial charge is 0.246 e. The number of aromatic nitrogens is 2. The summed E-state index contributed by atoms with van der Waals surface area (Å²) in [6, 6.07) is 0.206. The topological polar surface area (TPSA) is 57.4 Å². The van der Waals surface area contributed by atoms with E-state index in [-0.39, 0.29) is 11.6 Å². The van der Waals surface area contributed by atoms with Gasteiger partial charge in [-0.05, 0) is 54.0 Å². The Bertz CT molecular complexity index is 431. The minimum absolute atomic E-state index is 0.206. The fourth-order valence-corrected chi connectivity index (χ4v) is 2.69. The van der Waals surface area contributed by atoms with E-state index in [0.717, 1.165) is 32.0 Å². The third-order valence-electron chi connectivity index (χ3n) is 3.96.